The Kier molecular flexibility index (Phi) is 4.12. The number of rotatable bonds is 2. The lowest BCUT2D eigenvalue weighted by molar-refractivity contribution is 0.278. The van der Waals surface area contributed by atoms with Gasteiger partial charge in [-0.05, 0) is 32.9 Å². The van der Waals surface area contributed by atoms with E-state index in [0.717, 1.165) is 11.4 Å². The summed E-state index contributed by atoms with van der Waals surface area (Å²) in [6, 6.07) is 9.71. The zero-order valence-electron chi connectivity index (χ0n) is 14.6. The highest BCUT2D eigenvalue weighted by Crippen LogP contribution is 2.65. The molecule has 0 bridgehead atoms. The fourth-order valence-corrected chi connectivity index (χ4v) is 4.79. The number of benzene rings is 1. The van der Waals surface area contributed by atoms with Crippen LogP contribution >= 0.6 is 7.67 Å². The molecule has 1 unspecified atom stereocenters. The van der Waals surface area contributed by atoms with Gasteiger partial charge in [-0.2, -0.15) is 0 Å². The molecule has 4 nitrogen and oxygen atoms in total. The van der Waals surface area contributed by atoms with E-state index in [9.17, 15) is 4.57 Å². The topological polar surface area (TPSA) is 32.8 Å². The smallest absolute Gasteiger partial charge is 0.416 e. The Morgan fingerprint density at radius 1 is 1.05 bits per heavy atom. The Balaban J connectivity index is 2.47. The summed E-state index contributed by atoms with van der Waals surface area (Å²) < 4.78 is 23.4. The van der Waals surface area contributed by atoms with Crippen LogP contribution in [0.15, 0.2) is 42.3 Å². The monoisotopic (exact) mass is 322 g/mol. The van der Waals surface area contributed by atoms with Crippen molar-refractivity contribution in [3.8, 4) is 0 Å². The number of para-hydroxylation sites is 1. The maximum atomic E-state index is 13.7. The standard InChI is InChI=1S/C17H27N2O2P/c1-16(2,3)15-13-19(17(4,5)6)22(20,21-15)18(7)14-11-9-8-10-12-14/h8-13H,1-7H3. The molecule has 1 atom stereocenters. The van der Waals surface area contributed by atoms with Crippen molar-refractivity contribution < 1.29 is 9.09 Å². The molecule has 1 aliphatic rings. The highest BCUT2D eigenvalue weighted by Gasteiger charge is 2.49. The fraction of sp³-hybridized carbons (Fsp3) is 0.529. The van der Waals surface area contributed by atoms with Crippen LogP contribution in [0.1, 0.15) is 41.5 Å². The summed E-state index contributed by atoms with van der Waals surface area (Å²) in [6.45, 7) is 12.3. The average Bonchev–Trinajstić information content (AvgIpc) is 2.78. The summed E-state index contributed by atoms with van der Waals surface area (Å²) in [4.78, 5) is 0. The van der Waals surface area contributed by atoms with Crippen molar-refractivity contribution in [3.63, 3.8) is 0 Å². The molecule has 1 aromatic carbocycles. The van der Waals surface area contributed by atoms with Gasteiger partial charge in [0.25, 0.3) is 0 Å². The lowest BCUT2D eigenvalue weighted by Crippen LogP contribution is -2.37. The Morgan fingerprint density at radius 2 is 1.59 bits per heavy atom. The normalized spacial score (nSPS) is 22.3. The minimum atomic E-state index is -3.19. The van der Waals surface area contributed by atoms with Gasteiger partial charge in [0.15, 0.2) is 0 Å². The van der Waals surface area contributed by atoms with Crippen LogP contribution in [0.4, 0.5) is 5.69 Å². The van der Waals surface area contributed by atoms with E-state index in [1.807, 2.05) is 69.0 Å². The summed E-state index contributed by atoms with van der Waals surface area (Å²) in [7, 11) is -1.37. The molecule has 5 heteroatoms. The van der Waals surface area contributed by atoms with Crippen LogP contribution in [0.25, 0.3) is 0 Å². The third kappa shape index (κ3) is 3.03. The molecule has 122 valence electrons. The summed E-state index contributed by atoms with van der Waals surface area (Å²) in [5.41, 5.74) is 0.391. The lowest BCUT2D eigenvalue weighted by atomic mass is 9.94. The molecule has 1 aliphatic heterocycles. The maximum absolute atomic E-state index is 13.7. The van der Waals surface area contributed by atoms with Gasteiger partial charge in [0.2, 0.25) is 0 Å². The van der Waals surface area contributed by atoms with E-state index < -0.39 is 7.67 Å². The lowest BCUT2D eigenvalue weighted by Gasteiger charge is -2.39. The second-order valence-corrected chi connectivity index (χ2v) is 9.89. The highest BCUT2D eigenvalue weighted by atomic mass is 31.2. The second-order valence-electron chi connectivity index (χ2n) is 7.70. The van der Waals surface area contributed by atoms with Crippen molar-refractivity contribution in [2.75, 3.05) is 11.7 Å². The molecule has 2 rings (SSSR count). The van der Waals surface area contributed by atoms with E-state index >= 15 is 0 Å². The third-order valence-electron chi connectivity index (χ3n) is 3.66. The van der Waals surface area contributed by atoms with Gasteiger partial charge in [0, 0.05) is 29.9 Å². The minimum Gasteiger partial charge on any atom is -0.416 e. The average molecular weight is 322 g/mol. The highest BCUT2D eigenvalue weighted by molar-refractivity contribution is 7.58. The van der Waals surface area contributed by atoms with Crippen molar-refractivity contribution in [1.82, 2.24) is 4.67 Å². The summed E-state index contributed by atoms with van der Waals surface area (Å²) in [5.74, 6) is 0.758. The molecular formula is C17H27N2O2P. The van der Waals surface area contributed by atoms with Gasteiger partial charge in [-0.25, -0.2) is 4.57 Å². The van der Waals surface area contributed by atoms with Crippen molar-refractivity contribution >= 4 is 13.4 Å². The van der Waals surface area contributed by atoms with Crippen LogP contribution in [-0.4, -0.2) is 17.3 Å². The van der Waals surface area contributed by atoms with Crippen LogP contribution in [0.3, 0.4) is 0 Å². The van der Waals surface area contributed by atoms with E-state index in [1.165, 1.54) is 0 Å². The molecule has 0 saturated carbocycles. The van der Waals surface area contributed by atoms with Gasteiger partial charge in [-0.15, -0.1) is 0 Å². The van der Waals surface area contributed by atoms with Gasteiger partial charge in [0.1, 0.15) is 5.76 Å². The van der Waals surface area contributed by atoms with Crippen LogP contribution < -0.4 is 4.67 Å². The number of allylic oxidation sites excluding steroid dienone is 1. The summed E-state index contributed by atoms with van der Waals surface area (Å²) in [5, 5.41) is 0. The molecule has 22 heavy (non-hydrogen) atoms. The third-order valence-corrected chi connectivity index (χ3v) is 6.35. The van der Waals surface area contributed by atoms with E-state index in [-0.39, 0.29) is 11.0 Å². The Labute approximate surface area is 134 Å². The SMILES string of the molecule is CN(c1ccccc1)P1(=O)OC(C(C)(C)C)=CN1C(C)(C)C. The van der Waals surface area contributed by atoms with E-state index in [0.29, 0.717) is 0 Å². The van der Waals surface area contributed by atoms with Crippen LogP contribution in [-0.2, 0) is 9.09 Å². The summed E-state index contributed by atoms with van der Waals surface area (Å²) >= 11 is 0. The Bertz CT molecular complexity index is 612. The maximum Gasteiger partial charge on any atom is 0.449 e. The van der Waals surface area contributed by atoms with E-state index in [4.69, 9.17) is 4.52 Å². The number of anilines is 1. The molecule has 0 aromatic heterocycles. The molecular weight excluding hydrogens is 295 g/mol. The summed E-state index contributed by atoms with van der Waals surface area (Å²) in [6.07, 6.45) is 1.92. The molecule has 0 spiro atoms. The van der Waals surface area contributed by atoms with Crippen LogP contribution in [0, 0.1) is 5.41 Å². The molecule has 0 N–H and O–H groups in total. The molecule has 0 radical (unpaired) electrons. The number of hydrogen-bond acceptors (Lipinski definition) is 2. The van der Waals surface area contributed by atoms with Gasteiger partial charge < -0.3 is 4.52 Å². The van der Waals surface area contributed by atoms with Gasteiger partial charge >= 0.3 is 7.67 Å². The van der Waals surface area contributed by atoms with Crippen LogP contribution in [0.5, 0.6) is 0 Å². The van der Waals surface area contributed by atoms with Crippen molar-refractivity contribution in [3.05, 3.63) is 42.3 Å². The molecule has 0 aliphatic carbocycles. The zero-order valence-corrected chi connectivity index (χ0v) is 15.5. The van der Waals surface area contributed by atoms with Gasteiger partial charge in [-0.1, -0.05) is 39.0 Å². The zero-order chi connectivity index (χ0) is 16.8. The first kappa shape index (κ1) is 17.0. The fourth-order valence-electron chi connectivity index (χ4n) is 2.28. The number of nitrogens with zero attached hydrogens (tertiary/aromatic N) is 2. The van der Waals surface area contributed by atoms with Crippen molar-refractivity contribution in [2.24, 2.45) is 5.41 Å². The van der Waals surface area contributed by atoms with Gasteiger partial charge in [-0.3, -0.25) is 9.34 Å². The second kappa shape index (κ2) is 5.34. The first-order chi connectivity index (χ1) is 9.96. The molecule has 0 fully saturated rings. The first-order valence-corrected chi connectivity index (χ1v) is 9.10. The molecule has 0 amide bonds. The Hall–Kier alpha value is -1.41. The predicted molar refractivity (Wildman–Crippen MR) is 92.7 cm³/mol. The van der Waals surface area contributed by atoms with E-state index in [1.54, 1.807) is 4.67 Å². The van der Waals surface area contributed by atoms with E-state index in [2.05, 4.69) is 20.8 Å². The largest absolute Gasteiger partial charge is 0.449 e. The minimum absolute atomic E-state index is 0.187. The Morgan fingerprint density at radius 3 is 2.05 bits per heavy atom. The van der Waals surface area contributed by atoms with Gasteiger partial charge in [0.05, 0.1) is 0 Å². The quantitative estimate of drug-likeness (QED) is 0.696. The molecule has 0 saturated heterocycles. The predicted octanol–water partition coefficient (Wildman–Crippen LogP) is 5.25. The van der Waals surface area contributed by atoms with Crippen molar-refractivity contribution in [1.29, 1.82) is 0 Å². The molecule has 1 aromatic rings. The molecule has 1 heterocycles. The van der Waals surface area contributed by atoms with Crippen molar-refractivity contribution in [2.45, 2.75) is 47.1 Å². The number of hydrogen-bond donors (Lipinski definition) is 0. The first-order valence-electron chi connectivity index (χ1n) is 7.57. The van der Waals surface area contributed by atoms with Crippen LogP contribution in [0.2, 0.25) is 0 Å².